The van der Waals surface area contributed by atoms with Crippen LogP contribution in [-0.2, 0) is 4.74 Å². The Hall–Kier alpha value is -0.620. The van der Waals surface area contributed by atoms with Crippen molar-refractivity contribution in [2.45, 2.75) is 19.4 Å². The van der Waals surface area contributed by atoms with E-state index in [9.17, 15) is 0 Å². The minimum atomic E-state index is 0.0446. The monoisotopic (exact) mass is 316 g/mol. The standard InChI is InChI=1S/C13H21BrN2O2/c1-9(6-7-17-2)13(16-15)11-5-4-10(14)8-12(11)18-3/h4-5,8-9,13,16H,6-7,15H2,1-3H3. The molecule has 3 N–H and O–H groups in total. The lowest BCUT2D eigenvalue weighted by Crippen LogP contribution is -2.33. The number of ether oxygens (including phenoxy) is 2. The molecule has 1 aromatic rings. The highest BCUT2D eigenvalue weighted by Crippen LogP contribution is 2.33. The number of rotatable bonds is 7. The maximum absolute atomic E-state index is 5.68. The number of nitrogens with two attached hydrogens (primary N) is 1. The van der Waals surface area contributed by atoms with Gasteiger partial charge < -0.3 is 9.47 Å². The highest BCUT2D eigenvalue weighted by molar-refractivity contribution is 9.10. The number of methoxy groups -OCH3 is 2. The third-order valence-corrected chi connectivity index (χ3v) is 3.55. The van der Waals surface area contributed by atoms with Crippen LogP contribution in [0.1, 0.15) is 24.9 Å². The molecule has 102 valence electrons. The van der Waals surface area contributed by atoms with Crippen LogP contribution in [0.2, 0.25) is 0 Å². The number of benzene rings is 1. The summed E-state index contributed by atoms with van der Waals surface area (Å²) in [6.45, 7) is 2.86. The summed E-state index contributed by atoms with van der Waals surface area (Å²) in [5.74, 6) is 6.86. The Morgan fingerprint density at radius 3 is 2.67 bits per heavy atom. The van der Waals surface area contributed by atoms with Gasteiger partial charge in [-0.1, -0.05) is 28.9 Å². The van der Waals surface area contributed by atoms with Gasteiger partial charge in [0.25, 0.3) is 0 Å². The molecule has 0 saturated carbocycles. The summed E-state index contributed by atoms with van der Waals surface area (Å²) in [5, 5.41) is 0. The van der Waals surface area contributed by atoms with Crippen LogP contribution in [0.25, 0.3) is 0 Å². The Kier molecular flexibility index (Phi) is 6.63. The van der Waals surface area contributed by atoms with Gasteiger partial charge in [-0.25, -0.2) is 0 Å². The Morgan fingerprint density at radius 1 is 1.39 bits per heavy atom. The lowest BCUT2D eigenvalue weighted by atomic mass is 9.92. The first kappa shape index (κ1) is 15.4. The zero-order valence-electron chi connectivity index (χ0n) is 11.1. The third-order valence-electron chi connectivity index (χ3n) is 3.06. The Balaban J connectivity index is 2.93. The average molecular weight is 317 g/mol. The quantitative estimate of drug-likeness (QED) is 0.600. The van der Waals surface area contributed by atoms with E-state index >= 15 is 0 Å². The summed E-state index contributed by atoms with van der Waals surface area (Å²) >= 11 is 3.44. The summed E-state index contributed by atoms with van der Waals surface area (Å²) in [5.41, 5.74) is 3.93. The van der Waals surface area contributed by atoms with Crippen molar-refractivity contribution >= 4 is 15.9 Å². The minimum Gasteiger partial charge on any atom is -0.496 e. The molecule has 2 atom stereocenters. The van der Waals surface area contributed by atoms with Gasteiger partial charge in [0.15, 0.2) is 0 Å². The van der Waals surface area contributed by atoms with Gasteiger partial charge >= 0.3 is 0 Å². The van der Waals surface area contributed by atoms with Crippen molar-refractivity contribution in [3.05, 3.63) is 28.2 Å². The molecule has 18 heavy (non-hydrogen) atoms. The first-order chi connectivity index (χ1) is 8.63. The average Bonchev–Trinajstić information content (AvgIpc) is 2.38. The molecule has 0 radical (unpaired) electrons. The fourth-order valence-electron chi connectivity index (χ4n) is 1.97. The number of hydrogen-bond donors (Lipinski definition) is 2. The fourth-order valence-corrected chi connectivity index (χ4v) is 2.31. The van der Waals surface area contributed by atoms with E-state index in [4.69, 9.17) is 15.3 Å². The predicted molar refractivity (Wildman–Crippen MR) is 76.4 cm³/mol. The van der Waals surface area contributed by atoms with E-state index in [1.165, 1.54) is 0 Å². The Bertz CT molecular complexity index is 374. The second kappa shape index (κ2) is 7.74. The van der Waals surface area contributed by atoms with E-state index < -0.39 is 0 Å². The van der Waals surface area contributed by atoms with Crippen LogP contribution in [0.4, 0.5) is 0 Å². The van der Waals surface area contributed by atoms with Crippen molar-refractivity contribution in [3.63, 3.8) is 0 Å². The number of halogens is 1. The molecule has 0 aliphatic heterocycles. The molecule has 0 bridgehead atoms. The van der Waals surface area contributed by atoms with Gasteiger partial charge in [-0.2, -0.15) is 0 Å². The molecule has 4 nitrogen and oxygen atoms in total. The Morgan fingerprint density at radius 2 is 2.11 bits per heavy atom. The van der Waals surface area contributed by atoms with E-state index in [0.29, 0.717) is 5.92 Å². The topological polar surface area (TPSA) is 56.5 Å². The summed E-state index contributed by atoms with van der Waals surface area (Å²) in [6.07, 6.45) is 0.935. The summed E-state index contributed by atoms with van der Waals surface area (Å²) in [4.78, 5) is 0. The fraction of sp³-hybridized carbons (Fsp3) is 0.538. The van der Waals surface area contributed by atoms with Gasteiger partial charge in [0.1, 0.15) is 5.75 Å². The van der Waals surface area contributed by atoms with Gasteiger partial charge in [0, 0.05) is 23.8 Å². The van der Waals surface area contributed by atoms with Crippen LogP contribution in [-0.4, -0.2) is 20.8 Å². The van der Waals surface area contributed by atoms with E-state index in [2.05, 4.69) is 28.3 Å². The maximum atomic E-state index is 5.68. The van der Waals surface area contributed by atoms with Gasteiger partial charge in [0.05, 0.1) is 13.2 Å². The molecule has 1 aromatic carbocycles. The van der Waals surface area contributed by atoms with Crippen LogP contribution in [0.5, 0.6) is 5.75 Å². The smallest absolute Gasteiger partial charge is 0.124 e. The van der Waals surface area contributed by atoms with Crippen molar-refractivity contribution in [3.8, 4) is 5.75 Å². The zero-order valence-corrected chi connectivity index (χ0v) is 12.7. The van der Waals surface area contributed by atoms with Crippen LogP contribution in [0, 0.1) is 5.92 Å². The molecule has 0 fully saturated rings. The lowest BCUT2D eigenvalue weighted by Gasteiger charge is -2.25. The van der Waals surface area contributed by atoms with Gasteiger partial charge in [-0.15, -0.1) is 0 Å². The number of hydrazine groups is 1. The molecule has 5 heteroatoms. The maximum Gasteiger partial charge on any atom is 0.124 e. The highest BCUT2D eigenvalue weighted by Gasteiger charge is 2.21. The van der Waals surface area contributed by atoms with E-state index in [1.54, 1.807) is 14.2 Å². The molecule has 0 spiro atoms. The van der Waals surface area contributed by atoms with Crippen LogP contribution < -0.4 is 16.0 Å². The normalized spacial score (nSPS) is 14.3. The largest absolute Gasteiger partial charge is 0.496 e. The van der Waals surface area contributed by atoms with Gasteiger partial charge in [0.2, 0.25) is 0 Å². The third kappa shape index (κ3) is 3.95. The lowest BCUT2D eigenvalue weighted by molar-refractivity contribution is 0.170. The van der Waals surface area contributed by atoms with Crippen molar-refractivity contribution in [2.24, 2.45) is 11.8 Å². The molecule has 1 rings (SSSR count). The molecular weight excluding hydrogens is 296 g/mol. The first-order valence-corrected chi connectivity index (χ1v) is 6.71. The van der Waals surface area contributed by atoms with E-state index in [-0.39, 0.29) is 6.04 Å². The summed E-state index contributed by atoms with van der Waals surface area (Å²) in [7, 11) is 3.37. The van der Waals surface area contributed by atoms with Crippen molar-refractivity contribution in [1.29, 1.82) is 0 Å². The molecule has 0 aliphatic rings. The van der Waals surface area contributed by atoms with Crippen LogP contribution in [0.3, 0.4) is 0 Å². The molecule has 2 unspecified atom stereocenters. The van der Waals surface area contributed by atoms with Crippen LogP contribution in [0.15, 0.2) is 22.7 Å². The minimum absolute atomic E-state index is 0.0446. The van der Waals surface area contributed by atoms with E-state index in [0.717, 1.165) is 28.8 Å². The molecule has 0 amide bonds. The molecular formula is C13H21BrN2O2. The van der Waals surface area contributed by atoms with Crippen LogP contribution >= 0.6 is 15.9 Å². The second-order valence-electron chi connectivity index (χ2n) is 4.29. The number of hydrogen-bond acceptors (Lipinski definition) is 4. The number of nitrogens with one attached hydrogen (secondary N) is 1. The Labute approximate surface area is 117 Å². The highest BCUT2D eigenvalue weighted by atomic mass is 79.9. The van der Waals surface area contributed by atoms with E-state index in [1.807, 2.05) is 18.2 Å². The summed E-state index contributed by atoms with van der Waals surface area (Å²) < 4.78 is 11.5. The van der Waals surface area contributed by atoms with Crippen molar-refractivity contribution in [2.75, 3.05) is 20.8 Å². The predicted octanol–water partition coefficient (Wildman–Crippen LogP) is 2.63. The molecule has 0 aliphatic carbocycles. The zero-order chi connectivity index (χ0) is 13.5. The first-order valence-electron chi connectivity index (χ1n) is 5.92. The van der Waals surface area contributed by atoms with Crippen molar-refractivity contribution < 1.29 is 9.47 Å². The van der Waals surface area contributed by atoms with Crippen molar-refractivity contribution in [1.82, 2.24) is 5.43 Å². The molecule has 0 heterocycles. The molecule has 0 aromatic heterocycles. The second-order valence-corrected chi connectivity index (χ2v) is 5.21. The SMILES string of the molecule is COCCC(C)C(NN)c1ccc(Br)cc1OC. The molecule has 0 saturated heterocycles. The summed E-state index contributed by atoms with van der Waals surface area (Å²) in [6, 6.07) is 6.01. The van der Waals surface area contributed by atoms with Gasteiger partial charge in [-0.05, 0) is 24.5 Å². The van der Waals surface area contributed by atoms with Gasteiger partial charge in [-0.3, -0.25) is 11.3 Å².